The molecule has 0 spiro atoms. The third-order valence-corrected chi connectivity index (χ3v) is 4.66. The Labute approximate surface area is 182 Å². The van der Waals surface area contributed by atoms with E-state index in [2.05, 4.69) is 108 Å². The average molecular weight is 485 g/mol. The highest BCUT2D eigenvalue weighted by atomic mass is 127. The summed E-state index contributed by atoms with van der Waals surface area (Å²) in [6.45, 7) is 0.957. The van der Waals surface area contributed by atoms with Crippen molar-refractivity contribution in [2.24, 2.45) is 0 Å². The number of hydrogen-bond acceptors (Lipinski definition) is 1. The standard InChI is InChI=1S/C18H14.C6H11NO.CH3I/c1-3-9-15(10-4-1)17-13-7-8-14-18(17)16-11-5-2-6-12-16;1-7-5-3-2-4-6(7)8;1-2/h1-14H;2-5H2,1H3;1H3. The van der Waals surface area contributed by atoms with Crippen molar-refractivity contribution < 1.29 is 4.79 Å². The second-order valence-corrected chi connectivity index (χ2v) is 6.55. The van der Waals surface area contributed by atoms with E-state index in [0.29, 0.717) is 5.91 Å². The summed E-state index contributed by atoms with van der Waals surface area (Å²) in [7, 11) is 1.86. The van der Waals surface area contributed by atoms with Gasteiger partial charge in [0, 0.05) is 20.0 Å². The molecule has 4 rings (SSSR count). The molecule has 1 aliphatic heterocycles. The van der Waals surface area contributed by atoms with Crippen molar-refractivity contribution in [2.75, 3.05) is 18.5 Å². The van der Waals surface area contributed by atoms with Crippen LogP contribution in [-0.2, 0) is 4.79 Å². The maximum Gasteiger partial charge on any atom is 0.222 e. The van der Waals surface area contributed by atoms with Crippen molar-refractivity contribution >= 4 is 28.5 Å². The number of benzene rings is 3. The first-order chi connectivity index (χ1) is 13.8. The molecule has 0 aliphatic carbocycles. The van der Waals surface area contributed by atoms with Crippen LogP contribution in [-0.4, -0.2) is 29.3 Å². The summed E-state index contributed by atoms with van der Waals surface area (Å²) in [5.41, 5.74) is 5.09. The molecule has 0 unspecified atom stereocenters. The summed E-state index contributed by atoms with van der Waals surface area (Å²) < 4.78 is 0. The molecular weight excluding hydrogens is 457 g/mol. The molecule has 0 bridgehead atoms. The van der Waals surface area contributed by atoms with Crippen molar-refractivity contribution in [1.29, 1.82) is 0 Å². The Bertz CT molecular complexity index is 775. The van der Waals surface area contributed by atoms with E-state index >= 15 is 0 Å². The fourth-order valence-corrected chi connectivity index (χ4v) is 3.16. The summed E-state index contributed by atoms with van der Waals surface area (Å²) in [5, 5.41) is 0. The molecule has 28 heavy (non-hydrogen) atoms. The molecule has 1 aliphatic rings. The van der Waals surface area contributed by atoms with Gasteiger partial charge in [0.1, 0.15) is 0 Å². The molecule has 2 nitrogen and oxygen atoms in total. The summed E-state index contributed by atoms with van der Waals surface area (Å²) in [6, 6.07) is 29.6. The van der Waals surface area contributed by atoms with E-state index in [1.165, 1.54) is 28.7 Å². The number of carbonyl (C=O) groups excluding carboxylic acids is 1. The Morgan fingerprint density at radius 1 is 0.679 bits per heavy atom. The van der Waals surface area contributed by atoms with E-state index in [1.54, 1.807) is 4.90 Å². The van der Waals surface area contributed by atoms with E-state index in [9.17, 15) is 4.79 Å². The highest BCUT2D eigenvalue weighted by Crippen LogP contribution is 2.31. The zero-order valence-corrected chi connectivity index (χ0v) is 18.8. The third-order valence-electron chi connectivity index (χ3n) is 4.66. The monoisotopic (exact) mass is 485 g/mol. The number of alkyl halides is 1. The van der Waals surface area contributed by atoms with Gasteiger partial charge in [-0.2, -0.15) is 0 Å². The summed E-state index contributed by atoms with van der Waals surface area (Å²) in [4.78, 5) is 14.5. The molecular formula is C25H28INO. The van der Waals surface area contributed by atoms with Crippen LogP contribution in [0.1, 0.15) is 19.3 Å². The fraction of sp³-hybridized carbons (Fsp3) is 0.240. The molecule has 1 fully saturated rings. The lowest BCUT2D eigenvalue weighted by Gasteiger charge is -2.21. The van der Waals surface area contributed by atoms with Gasteiger partial charge in [-0.05, 0) is 40.0 Å². The lowest BCUT2D eigenvalue weighted by molar-refractivity contribution is -0.131. The highest BCUT2D eigenvalue weighted by molar-refractivity contribution is 14.1. The van der Waals surface area contributed by atoms with Crippen molar-refractivity contribution in [3.63, 3.8) is 0 Å². The van der Waals surface area contributed by atoms with Gasteiger partial charge in [-0.25, -0.2) is 0 Å². The number of piperidine rings is 1. The molecule has 0 radical (unpaired) electrons. The predicted octanol–water partition coefficient (Wildman–Crippen LogP) is 6.70. The molecule has 1 saturated heterocycles. The Morgan fingerprint density at radius 2 is 1.11 bits per heavy atom. The number of hydrogen-bond donors (Lipinski definition) is 0. The van der Waals surface area contributed by atoms with Crippen molar-refractivity contribution in [3.05, 3.63) is 84.9 Å². The van der Waals surface area contributed by atoms with Crippen LogP contribution in [0.4, 0.5) is 0 Å². The third kappa shape index (κ3) is 6.48. The van der Waals surface area contributed by atoms with Crippen molar-refractivity contribution in [1.82, 2.24) is 4.90 Å². The van der Waals surface area contributed by atoms with Gasteiger partial charge in [-0.15, -0.1) is 0 Å². The second kappa shape index (κ2) is 12.3. The maximum atomic E-state index is 10.7. The normalized spacial score (nSPS) is 13.0. The van der Waals surface area contributed by atoms with Crippen LogP contribution in [0.2, 0.25) is 0 Å². The van der Waals surface area contributed by atoms with Crippen LogP contribution in [0, 0.1) is 0 Å². The van der Waals surface area contributed by atoms with Crippen LogP contribution < -0.4 is 0 Å². The molecule has 146 valence electrons. The SMILES string of the molecule is CI.CN1CCCCC1=O.c1ccc(-c2ccccc2-c2ccccc2)cc1. The van der Waals surface area contributed by atoms with Crippen LogP contribution in [0.3, 0.4) is 0 Å². The largest absolute Gasteiger partial charge is 0.346 e. The maximum absolute atomic E-state index is 10.7. The van der Waals surface area contributed by atoms with E-state index < -0.39 is 0 Å². The first-order valence-electron chi connectivity index (χ1n) is 9.57. The lowest BCUT2D eigenvalue weighted by atomic mass is 9.95. The zero-order chi connectivity index (χ0) is 20.2. The molecule has 0 aromatic heterocycles. The first-order valence-corrected chi connectivity index (χ1v) is 11.7. The van der Waals surface area contributed by atoms with Gasteiger partial charge in [0.2, 0.25) is 5.91 Å². The Hall–Kier alpha value is -2.14. The van der Waals surface area contributed by atoms with Crippen molar-refractivity contribution in [2.45, 2.75) is 19.3 Å². The molecule has 0 N–H and O–H groups in total. The van der Waals surface area contributed by atoms with Gasteiger partial charge in [0.15, 0.2) is 0 Å². The Kier molecular flexibility index (Phi) is 9.77. The molecule has 0 saturated carbocycles. The van der Waals surface area contributed by atoms with E-state index in [0.717, 1.165) is 19.4 Å². The number of carbonyl (C=O) groups is 1. The first kappa shape index (κ1) is 22.2. The predicted molar refractivity (Wildman–Crippen MR) is 129 cm³/mol. The minimum Gasteiger partial charge on any atom is -0.346 e. The summed E-state index contributed by atoms with van der Waals surface area (Å²) in [5.74, 6) is 0.302. The number of rotatable bonds is 2. The minimum absolute atomic E-state index is 0.302. The van der Waals surface area contributed by atoms with Gasteiger partial charge in [0.25, 0.3) is 0 Å². The van der Waals surface area contributed by atoms with E-state index in [4.69, 9.17) is 0 Å². The van der Waals surface area contributed by atoms with Gasteiger partial charge < -0.3 is 4.90 Å². The van der Waals surface area contributed by atoms with Crippen LogP contribution in [0.15, 0.2) is 84.9 Å². The van der Waals surface area contributed by atoms with E-state index in [-0.39, 0.29) is 0 Å². The molecule has 1 amide bonds. The molecule has 3 heteroatoms. The molecule has 0 atom stereocenters. The number of likely N-dealkylation sites (tertiary alicyclic amines) is 1. The topological polar surface area (TPSA) is 20.3 Å². The van der Waals surface area contributed by atoms with Gasteiger partial charge >= 0.3 is 0 Å². The molecule has 1 heterocycles. The van der Waals surface area contributed by atoms with Crippen LogP contribution >= 0.6 is 22.6 Å². The number of nitrogens with zero attached hydrogens (tertiary/aromatic N) is 1. The second-order valence-electron chi connectivity index (χ2n) is 6.55. The Balaban J connectivity index is 0.000000236. The number of halogens is 1. The number of amides is 1. The van der Waals surface area contributed by atoms with Gasteiger partial charge in [-0.1, -0.05) is 108 Å². The summed E-state index contributed by atoms with van der Waals surface area (Å²) >= 11 is 2.15. The van der Waals surface area contributed by atoms with Gasteiger partial charge in [-0.3, -0.25) is 4.79 Å². The summed E-state index contributed by atoms with van der Waals surface area (Å²) in [6.07, 6.45) is 3.03. The van der Waals surface area contributed by atoms with Crippen molar-refractivity contribution in [3.8, 4) is 22.3 Å². The highest BCUT2D eigenvalue weighted by Gasteiger charge is 2.12. The lowest BCUT2D eigenvalue weighted by Crippen LogP contribution is -2.31. The van der Waals surface area contributed by atoms with E-state index in [1.807, 2.05) is 12.0 Å². The Morgan fingerprint density at radius 3 is 1.46 bits per heavy atom. The fourth-order valence-electron chi connectivity index (χ4n) is 3.16. The van der Waals surface area contributed by atoms with Crippen LogP contribution in [0.25, 0.3) is 22.3 Å². The quantitative estimate of drug-likeness (QED) is 0.292. The van der Waals surface area contributed by atoms with Gasteiger partial charge in [0.05, 0.1) is 0 Å². The molecule has 3 aromatic rings. The minimum atomic E-state index is 0.302. The average Bonchev–Trinajstić information content (AvgIpc) is 2.79. The smallest absolute Gasteiger partial charge is 0.222 e. The van der Waals surface area contributed by atoms with Crippen LogP contribution in [0.5, 0.6) is 0 Å². The molecule has 3 aromatic carbocycles. The zero-order valence-electron chi connectivity index (χ0n) is 16.6.